The largest absolute Gasteiger partial charge is 0.340 e. The quantitative estimate of drug-likeness (QED) is 0.759. The number of hydrogen-bond donors (Lipinski definition) is 1. The Bertz CT molecular complexity index is 813. The first-order valence-electron chi connectivity index (χ1n) is 7.51. The van der Waals surface area contributed by atoms with Gasteiger partial charge in [0.15, 0.2) is 0 Å². The summed E-state index contributed by atoms with van der Waals surface area (Å²) >= 11 is 12.7. The lowest BCUT2D eigenvalue weighted by molar-refractivity contribution is 0.598. The molecule has 2 aromatic rings. The van der Waals surface area contributed by atoms with Crippen molar-refractivity contribution < 1.29 is 0 Å². The van der Waals surface area contributed by atoms with Crippen LogP contribution in [0, 0.1) is 0 Å². The number of aromatic nitrogens is 1. The van der Waals surface area contributed by atoms with E-state index in [9.17, 15) is 0 Å². The zero-order valence-electron chi connectivity index (χ0n) is 12.3. The van der Waals surface area contributed by atoms with E-state index in [0.717, 1.165) is 28.5 Å². The molecule has 1 aromatic carbocycles. The van der Waals surface area contributed by atoms with Crippen LogP contribution in [0.1, 0.15) is 17.0 Å². The number of halogens is 2. The van der Waals surface area contributed by atoms with E-state index in [4.69, 9.17) is 23.4 Å². The average Bonchev–Trinajstić information content (AvgIpc) is 2.72. The van der Waals surface area contributed by atoms with Crippen LogP contribution in [0.4, 0.5) is 5.82 Å². The molecule has 5 heteroatoms. The van der Waals surface area contributed by atoms with Crippen LogP contribution >= 0.6 is 23.4 Å². The first kappa shape index (κ1) is 14.6. The Morgan fingerprint density at radius 1 is 1.17 bits per heavy atom. The molecule has 3 nitrogen and oxygen atoms in total. The molecule has 0 aliphatic carbocycles. The first-order chi connectivity index (χ1) is 11.2. The molecular weight excluding hydrogens is 329 g/mol. The third-order valence-electron chi connectivity index (χ3n) is 4.34. The van der Waals surface area contributed by atoms with E-state index in [1.165, 1.54) is 11.1 Å². The summed E-state index contributed by atoms with van der Waals surface area (Å²) in [6, 6.07) is 12.1. The highest BCUT2D eigenvalue weighted by molar-refractivity contribution is 6.31. The molecule has 116 valence electrons. The number of fused-ring (bicyclic) bond motifs is 1. The number of nitrogens with zero attached hydrogens (tertiary/aromatic N) is 2. The van der Waals surface area contributed by atoms with E-state index in [-0.39, 0.29) is 5.92 Å². The molecule has 4 rings (SSSR count). The van der Waals surface area contributed by atoms with Crippen LogP contribution in [-0.4, -0.2) is 15.9 Å². The summed E-state index contributed by atoms with van der Waals surface area (Å²) in [5, 5.41) is 4.24. The number of hydrogen-bond acceptors (Lipinski definition) is 3. The summed E-state index contributed by atoms with van der Waals surface area (Å²) in [6.45, 7) is 0.657. The molecule has 23 heavy (non-hydrogen) atoms. The summed E-state index contributed by atoms with van der Waals surface area (Å²) in [6.07, 6.45) is 6.52. The molecule has 2 aliphatic rings. The highest BCUT2D eigenvalue weighted by Crippen LogP contribution is 2.40. The van der Waals surface area contributed by atoms with Crippen LogP contribution in [0.25, 0.3) is 0 Å². The Kier molecular flexibility index (Phi) is 3.76. The van der Waals surface area contributed by atoms with Crippen molar-refractivity contribution in [2.24, 2.45) is 0 Å². The second-order valence-electron chi connectivity index (χ2n) is 5.73. The Balaban J connectivity index is 1.88. The third kappa shape index (κ3) is 2.71. The molecule has 1 aromatic heterocycles. The van der Waals surface area contributed by atoms with E-state index in [2.05, 4.69) is 22.4 Å². The number of allylic oxidation sites excluding steroid dienone is 1. The normalized spacial score (nSPS) is 19.7. The lowest BCUT2D eigenvalue weighted by atomic mass is 9.85. The number of rotatable bonds is 1. The minimum absolute atomic E-state index is 0.169. The molecule has 0 spiro atoms. The van der Waals surface area contributed by atoms with Gasteiger partial charge in [-0.1, -0.05) is 35.9 Å². The van der Waals surface area contributed by atoms with Gasteiger partial charge in [-0.25, -0.2) is 4.98 Å². The number of pyridine rings is 1. The highest BCUT2D eigenvalue weighted by atomic mass is 35.5. The van der Waals surface area contributed by atoms with Crippen molar-refractivity contribution in [1.29, 1.82) is 0 Å². The van der Waals surface area contributed by atoms with Crippen LogP contribution in [0.3, 0.4) is 0 Å². The van der Waals surface area contributed by atoms with Gasteiger partial charge in [-0.2, -0.15) is 0 Å². The first-order valence-corrected chi connectivity index (χ1v) is 8.23. The molecule has 0 amide bonds. The second kappa shape index (κ2) is 5.91. The maximum atomic E-state index is 6.48. The van der Waals surface area contributed by atoms with Gasteiger partial charge in [0.05, 0.1) is 6.54 Å². The monoisotopic (exact) mass is 343 g/mol. The Morgan fingerprint density at radius 3 is 2.91 bits per heavy atom. The van der Waals surface area contributed by atoms with Gasteiger partial charge in [0, 0.05) is 40.8 Å². The van der Waals surface area contributed by atoms with Gasteiger partial charge in [-0.3, -0.25) is 4.42 Å². The van der Waals surface area contributed by atoms with Crippen molar-refractivity contribution in [3.8, 4) is 0 Å². The SMILES string of the molecule is Clc1ccccc1C1Cc2cccnc2NC2=C1CN(Cl)C=C2. The van der Waals surface area contributed by atoms with Crippen molar-refractivity contribution >= 4 is 29.2 Å². The average molecular weight is 344 g/mol. The van der Waals surface area contributed by atoms with Gasteiger partial charge in [-0.05, 0) is 41.3 Å². The third-order valence-corrected chi connectivity index (χ3v) is 4.92. The van der Waals surface area contributed by atoms with Crippen molar-refractivity contribution in [1.82, 2.24) is 9.40 Å². The molecule has 1 unspecified atom stereocenters. The predicted molar refractivity (Wildman–Crippen MR) is 94.5 cm³/mol. The van der Waals surface area contributed by atoms with Crippen molar-refractivity contribution in [3.05, 3.63) is 82.3 Å². The smallest absolute Gasteiger partial charge is 0.133 e. The van der Waals surface area contributed by atoms with Crippen LogP contribution < -0.4 is 5.32 Å². The molecule has 0 fully saturated rings. The van der Waals surface area contributed by atoms with E-state index in [1.807, 2.05) is 42.7 Å². The summed E-state index contributed by atoms with van der Waals surface area (Å²) < 4.78 is 1.67. The van der Waals surface area contributed by atoms with E-state index < -0.39 is 0 Å². The molecule has 1 atom stereocenters. The molecular formula is C18H15Cl2N3. The molecule has 3 heterocycles. The van der Waals surface area contributed by atoms with E-state index in [1.54, 1.807) is 4.42 Å². The second-order valence-corrected chi connectivity index (χ2v) is 6.57. The van der Waals surface area contributed by atoms with E-state index >= 15 is 0 Å². The van der Waals surface area contributed by atoms with Gasteiger partial charge in [-0.15, -0.1) is 0 Å². The molecule has 2 aliphatic heterocycles. The van der Waals surface area contributed by atoms with Crippen LogP contribution in [-0.2, 0) is 6.42 Å². The predicted octanol–water partition coefficient (Wildman–Crippen LogP) is 4.72. The van der Waals surface area contributed by atoms with Crippen molar-refractivity contribution in [2.75, 3.05) is 11.9 Å². The summed E-state index contributed by atoms with van der Waals surface area (Å²) in [7, 11) is 0. The lowest BCUT2D eigenvalue weighted by Crippen LogP contribution is -2.21. The van der Waals surface area contributed by atoms with Crippen molar-refractivity contribution in [2.45, 2.75) is 12.3 Å². The molecule has 0 saturated carbocycles. The minimum Gasteiger partial charge on any atom is -0.340 e. The summed E-state index contributed by atoms with van der Waals surface area (Å²) in [4.78, 5) is 4.48. The number of anilines is 1. The lowest BCUT2D eigenvalue weighted by Gasteiger charge is -2.27. The van der Waals surface area contributed by atoms with Crippen LogP contribution in [0.5, 0.6) is 0 Å². The van der Waals surface area contributed by atoms with Crippen molar-refractivity contribution in [3.63, 3.8) is 0 Å². The number of benzene rings is 1. The van der Waals surface area contributed by atoms with Gasteiger partial charge < -0.3 is 5.32 Å². The zero-order valence-corrected chi connectivity index (χ0v) is 13.8. The van der Waals surface area contributed by atoms with Gasteiger partial charge in [0.2, 0.25) is 0 Å². The maximum absolute atomic E-state index is 6.48. The fourth-order valence-corrected chi connectivity index (χ4v) is 3.68. The van der Waals surface area contributed by atoms with Crippen LogP contribution in [0.2, 0.25) is 5.02 Å². The van der Waals surface area contributed by atoms with E-state index in [0.29, 0.717) is 6.54 Å². The zero-order chi connectivity index (χ0) is 15.8. The molecule has 0 radical (unpaired) electrons. The van der Waals surface area contributed by atoms with Gasteiger partial charge >= 0.3 is 0 Å². The van der Waals surface area contributed by atoms with Gasteiger partial charge in [0.25, 0.3) is 0 Å². The Morgan fingerprint density at radius 2 is 2.04 bits per heavy atom. The van der Waals surface area contributed by atoms with Gasteiger partial charge in [0.1, 0.15) is 5.82 Å². The molecule has 1 N–H and O–H groups in total. The Labute approximate surface area is 145 Å². The maximum Gasteiger partial charge on any atom is 0.133 e. The topological polar surface area (TPSA) is 28.2 Å². The Hall–Kier alpha value is -1.97. The molecule has 0 bridgehead atoms. The fourth-order valence-electron chi connectivity index (χ4n) is 3.22. The highest BCUT2D eigenvalue weighted by Gasteiger charge is 2.29. The van der Waals surface area contributed by atoms with Crippen LogP contribution in [0.15, 0.2) is 66.1 Å². The number of nitrogens with one attached hydrogen (secondary N) is 1. The summed E-state index contributed by atoms with van der Waals surface area (Å²) in [5.74, 6) is 1.07. The fraction of sp³-hybridized carbons (Fsp3) is 0.167. The molecule has 0 saturated heterocycles. The minimum atomic E-state index is 0.169. The standard InChI is InChI=1S/C18H15Cl2N3/c19-16-6-2-1-5-13(16)14-10-12-4-3-8-21-18(12)22-17-7-9-23(20)11-15(14)17/h1-9,14H,10-11H2,(H,21,22). The summed E-state index contributed by atoms with van der Waals surface area (Å²) in [5.41, 5.74) is 4.60.